The summed E-state index contributed by atoms with van der Waals surface area (Å²) in [5.41, 5.74) is 0. The van der Waals surface area contributed by atoms with E-state index in [1.807, 2.05) is 0 Å². The monoisotopic (exact) mass is 223 g/mol. The molecule has 1 unspecified atom stereocenters. The van der Waals surface area contributed by atoms with Crippen molar-refractivity contribution in [1.82, 2.24) is 0 Å². The molecule has 0 aliphatic heterocycles. The molecule has 5 heteroatoms. The molecule has 1 atom stereocenters. The molecule has 0 amide bonds. The summed E-state index contributed by atoms with van der Waals surface area (Å²) >= 11 is 5.64. The maximum atomic E-state index is 10.4. The number of rotatable bonds is 3. The van der Waals surface area contributed by atoms with Crippen molar-refractivity contribution in [1.29, 1.82) is 0 Å². The molecule has 0 spiro atoms. The second-order valence-corrected chi connectivity index (χ2v) is 2.99. The molecule has 0 heterocycles. The Morgan fingerprint density at radius 3 is 2.36 bits per heavy atom. The Labute approximate surface area is 109 Å². The number of halogens is 1. The van der Waals surface area contributed by atoms with E-state index in [-0.39, 0.29) is 29.6 Å². The maximum Gasteiger partial charge on any atom is 0.344 e. The molecule has 0 aliphatic carbocycles. The van der Waals surface area contributed by atoms with Crippen LogP contribution in [-0.4, -0.2) is 46.7 Å². The minimum absolute atomic E-state index is 0. The number of carboxylic acids is 1. The van der Waals surface area contributed by atoms with Crippen LogP contribution in [0.15, 0.2) is 24.3 Å². The molecule has 1 rings (SSSR count). The summed E-state index contributed by atoms with van der Waals surface area (Å²) in [6.07, 6.45) is -0.846. The zero-order valence-electron chi connectivity index (χ0n) is 8.03. The molecule has 71 valence electrons. The molecule has 14 heavy (non-hydrogen) atoms. The van der Waals surface area contributed by atoms with Crippen molar-refractivity contribution >= 4 is 47.1 Å². The number of hydrogen-bond acceptors (Lipinski definition) is 2. The Bertz CT molecular complexity index is 299. The van der Waals surface area contributed by atoms with Gasteiger partial charge in [0.2, 0.25) is 0 Å². The van der Waals surface area contributed by atoms with Gasteiger partial charge >= 0.3 is 5.97 Å². The fourth-order valence-corrected chi connectivity index (χ4v) is 0.894. The third-order valence-electron chi connectivity index (χ3n) is 1.47. The first-order chi connectivity index (χ1) is 6.09. The molecular formula is C9H9ClNaO3. The van der Waals surface area contributed by atoms with Crippen LogP contribution in [-0.2, 0) is 4.79 Å². The van der Waals surface area contributed by atoms with Crippen molar-refractivity contribution in [2.75, 3.05) is 0 Å². The minimum Gasteiger partial charge on any atom is -0.479 e. The van der Waals surface area contributed by atoms with Gasteiger partial charge in [0.15, 0.2) is 6.10 Å². The quantitative estimate of drug-likeness (QED) is 0.795. The summed E-state index contributed by atoms with van der Waals surface area (Å²) in [6.45, 7) is 1.47. The first kappa shape index (κ1) is 13.8. The normalized spacial score (nSPS) is 11.3. The summed E-state index contributed by atoms with van der Waals surface area (Å²) in [5, 5.41) is 9.14. The van der Waals surface area contributed by atoms with Crippen LogP contribution in [0.3, 0.4) is 0 Å². The zero-order valence-corrected chi connectivity index (χ0v) is 10.8. The standard InChI is InChI=1S/C9H9ClO3.Na/c1-6(9(11)12)13-8-4-2-7(10)3-5-8;/h2-6H,1H3,(H,11,12);. The predicted octanol–water partition coefficient (Wildman–Crippen LogP) is 1.81. The summed E-state index contributed by atoms with van der Waals surface area (Å²) in [5.74, 6) is -0.491. The van der Waals surface area contributed by atoms with Crippen molar-refractivity contribution in [3.05, 3.63) is 29.3 Å². The van der Waals surface area contributed by atoms with Crippen LogP contribution >= 0.6 is 11.6 Å². The van der Waals surface area contributed by atoms with E-state index in [2.05, 4.69) is 0 Å². The van der Waals surface area contributed by atoms with E-state index in [4.69, 9.17) is 21.4 Å². The Morgan fingerprint density at radius 2 is 1.93 bits per heavy atom. The first-order valence-electron chi connectivity index (χ1n) is 3.74. The summed E-state index contributed by atoms with van der Waals surface area (Å²) in [4.78, 5) is 10.4. The Balaban J connectivity index is 0.00000169. The van der Waals surface area contributed by atoms with E-state index >= 15 is 0 Å². The SMILES string of the molecule is CC(Oc1ccc(Cl)cc1)C(=O)O.[Na]. The van der Waals surface area contributed by atoms with E-state index in [9.17, 15) is 4.79 Å². The molecule has 0 saturated carbocycles. The molecular weight excluding hydrogens is 215 g/mol. The topological polar surface area (TPSA) is 46.5 Å². The number of benzene rings is 1. The number of carbonyl (C=O) groups is 1. The van der Waals surface area contributed by atoms with Gasteiger partial charge in [-0.3, -0.25) is 0 Å². The Hall–Kier alpha value is -0.220. The van der Waals surface area contributed by atoms with Crippen LogP contribution in [0.1, 0.15) is 6.92 Å². The van der Waals surface area contributed by atoms with E-state index in [1.54, 1.807) is 24.3 Å². The third kappa shape index (κ3) is 4.33. The molecule has 3 nitrogen and oxygen atoms in total. The van der Waals surface area contributed by atoms with E-state index in [1.165, 1.54) is 6.92 Å². The van der Waals surface area contributed by atoms with E-state index < -0.39 is 12.1 Å². The van der Waals surface area contributed by atoms with Gasteiger partial charge in [-0.15, -0.1) is 0 Å². The molecule has 1 N–H and O–H groups in total. The van der Waals surface area contributed by atoms with Gasteiger partial charge in [-0.05, 0) is 31.2 Å². The molecule has 0 aromatic heterocycles. The van der Waals surface area contributed by atoms with Gasteiger partial charge in [-0.2, -0.15) is 0 Å². The fraction of sp³-hybridized carbons (Fsp3) is 0.222. The van der Waals surface area contributed by atoms with Crippen molar-refractivity contribution < 1.29 is 14.6 Å². The van der Waals surface area contributed by atoms with Gasteiger partial charge < -0.3 is 9.84 Å². The van der Waals surface area contributed by atoms with Crippen molar-refractivity contribution in [3.8, 4) is 5.75 Å². The van der Waals surface area contributed by atoms with Gasteiger partial charge in [0.05, 0.1) is 0 Å². The smallest absolute Gasteiger partial charge is 0.344 e. The van der Waals surface area contributed by atoms with Crippen LogP contribution in [0.5, 0.6) is 5.75 Å². The van der Waals surface area contributed by atoms with Gasteiger partial charge in [-0.25, -0.2) is 4.79 Å². The van der Waals surface area contributed by atoms with Crippen LogP contribution in [0.2, 0.25) is 5.02 Å². The van der Waals surface area contributed by atoms with E-state index in [0.29, 0.717) is 10.8 Å². The average molecular weight is 224 g/mol. The molecule has 0 saturated heterocycles. The minimum atomic E-state index is -0.991. The van der Waals surface area contributed by atoms with Gasteiger partial charge in [0.1, 0.15) is 5.75 Å². The first-order valence-corrected chi connectivity index (χ1v) is 4.12. The average Bonchev–Trinajstić information content (AvgIpc) is 2.08. The Morgan fingerprint density at radius 1 is 1.43 bits per heavy atom. The second kappa shape index (κ2) is 6.30. The summed E-state index contributed by atoms with van der Waals surface area (Å²) < 4.78 is 5.07. The number of ether oxygens (including phenoxy) is 1. The molecule has 0 aliphatic rings. The number of carboxylic acid groups (broad SMARTS) is 1. The summed E-state index contributed by atoms with van der Waals surface area (Å²) in [7, 11) is 0. The van der Waals surface area contributed by atoms with Crippen molar-refractivity contribution in [2.24, 2.45) is 0 Å². The number of hydrogen-bond donors (Lipinski definition) is 1. The molecule has 1 radical (unpaired) electrons. The van der Waals surface area contributed by atoms with Gasteiger partial charge in [0.25, 0.3) is 0 Å². The molecule has 1 aromatic carbocycles. The largest absolute Gasteiger partial charge is 0.479 e. The third-order valence-corrected chi connectivity index (χ3v) is 1.73. The zero-order chi connectivity index (χ0) is 9.84. The van der Waals surface area contributed by atoms with Crippen LogP contribution < -0.4 is 4.74 Å². The van der Waals surface area contributed by atoms with Gasteiger partial charge in [-0.1, -0.05) is 11.6 Å². The number of aliphatic carboxylic acids is 1. The van der Waals surface area contributed by atoms with Gasteiger partial charge in [0, 0.05) is 34.6 Å². The maximum absolute atomic E-state index is 10.4. The van der Waals surface area contributed by atoms with E-state index in [0.717, 1.165) is 0 Å². The van der Waals surface area contributed by atoms with Crippen LogP contribution in [0, 0.1) is 0 Å². The van der Waals surface area contributed by atoms with Crippen LogP contribution in [0.25, 0.3) is 0 Å². The van der Waals surface area contributed by atoms with Crippen LogP contribution in [0.4, 0.5) is 0 Å². The Kier molecular flexibility index (Phi) is 6.20. The predicted molar refractivity (Wildman–Crippen MR) is 54.9 cm³/mol. The summed E-state index contributed by atoms with van der Waals surface area (Å²) in [6, 6.07) is 6.54. The molecule has 1 aromatic rings. The fourth-order valence-electron chi connectivity index (χ4n) is 0.768. The molecule has 0 bridgehead atoms. The molecule has 0 fully saturated rings. The van der Waals surface area contributed by atoms with Crippen molar-refractivity contribution in [3.63, 3.8) is 0 Å². The van der Waals surface area contributed by atoms with Crippen molar-refractivity contribution in [2.45, 2.75) is 13.0 Å². The second-order valence-electron chi connectivity index (χ2n) is 2.55.